The van der Waals surface area contributed by atoms with Crippen LogP contribution in [0, 0.1) is 0 Å². The monoisotopic (exact) mass is 546 g/mol. The van der Waals surface area contributed by atoms with Gasteiger partial charge in [0.2, 0.25) is 0 Å². The summed E-state index contributed by atoms with van der Waals surface area (Å²) in [5.74, 6) is 0.879. The fourth-order valence-electron chi connectivity index (χ4n) is 5.75. The third kappa shape index (κ3) is 5.71. The molecule has 0 radical (unpaired) electrons. The quantitative estimate of drug-likeness (QED) is 0.140. The van der Waals surface area contributed by atoms with Crippen molar-refractivity contribution in [3.8, 4) is 28.7 Å². The summed E-state index contributed by atoms with van der Waals surface area (Å²) in [6, 6.07) is 34.2. The third-order valence-electron chi connectivity index (χ3n) is 8.23. The van der Waals surface area contributed by atoms with E-state index in [4.69, 9.17) is 0 Å². The molecule has 0 bridgehead atoms. The second kappa shape index (κ2) is 10.9. The Morgan fingerprint density at radius 3 is 1.20 bits per heavy atom. The van der Waals surface area contributed by atoms with Crippen LogP contribution in [-0.2, 0) is 23.7 Å². The standard InChI is InChI=1S/C36H34O5/c1-35(26-7-16-31(39)17-8-26,22-24-3-12-29(37)13-4-24)28-11-20-34(41)33(21-28)36(2,27-9-18-32(40)19-10-27)23-25-5-14-30(38)15-6-25/h3-21,37-41H,22-23H2,1-2H3. The Balaban J connectivity index is 1.68. The molecule has 0 saturated carbocycles. The van der Waals surface area contributed by atoms with Gasteiger partial charge in [-0.2, -0.15) is 0 Å². The molecule has 41 heavy (non-hydrogen) atoms. The molecule has 5 rings (SSSR count). The van der Waals surface area contributed by atoms with Crippen LogP contribution in [-0.4, -0.2) is 25.5 Å². The highest BCUT2D eigenvalue weighted by Gasteiger charge is 2.36. The Morgan fingerprint density at radius 2 is 0.756 bits per heavy atom. The van der Waals surface area contributed by atoms with Crippen molar-refractivity contribution < 1.29 is 25.5 Å². The summed E-state index contributed by atoms with van der Waals surface area (Å²) < 4.78 is 0. The van der Waals surface area contributed by atoms with E-state index in [1.807, 2.05) is 54.6 Å². The van der Waals surface area contributed by atoms with Gasteiger partial charge in [0.15, 0.2) is 0 Å². The molecule has 208 valence electrons. The zero-order chi connectivity index (χ0) is 29.2. The van der Waals surface area contributed by atoms with Crippen molar-refractivity contribution >= 4 is 0 Å². The molecule has 5 aromatic carbocycles. The van der Waals surface area contributed by atoms with Gasteiger partial charge in [0.25, 0.3) is 0 Å². The summed E-state index contributed by atoms with van der Waals surface area (Å²) in [5.41, 5.74) is 4.36. The van der Waals surface area contributed by atoms with Gasteiger partial charge in [0.1, 0.15) is 28.7 Å². The van der Waals surface area contributed by atoms with Crippen molar-refractivity contribution in [3.05, 3.63) is 149 Å². The van der Waals surface area contributed by atoms with E-state index >= 15 is 0 Å². The van der Waals surface area contributed by atoms with Gasteiger partial charge in [-0.3, -0.25) is 0 Å². The van der Waals surface area contributed by atoms with Gasteiger partial charge in [0, 0.05) is 16.4 Å². The third-order valence-corrected chi connectivity index (χ3v) is 8.23. The smallest absolute Gasteiger partial charge is 0.119 e. The van der Waals surface area contributed by atoms with E-state index in [0.717, 1.165) is 33.4 Å². The number of rotatable bonds is 8. The fraction of sp³-hybridized carbons (Fsp3) is 0.167. The van der Waals surface area contributed by atoms with Crippen LogP contribution in [0.4, 0.5) is 0 Å². The van der Waals surface area contributed by atoms with Crippen LogP contribution in [0.15, 0.2) is 115 Å². The lowest BCUT2D eigenvalue weighted by molar-refractivity contribution is 0.441. The van der Waals surface area contributed by atoms with Gasteiger partial charge in [-0.1, -0.05) is 74.5 Å². The lowest BCUT2D eigenvalue weighted by Crippen LogP contribution is -2.30. The van der Waals surface area contributed by atoms with Crippen molar-refractivity contribution in [1.82, 2.24) is 0 Å². The van der Waals surface area contributed by atoms with E-state index < -0.39 is 10.8 Å². The molecule has 5 aromatic rings. The molecule has 5 N–H and O–H groups in total. The number of phenols is 5. The second-order valence-electron chi connectivity index (χ2n) is 11.2. The fourth-order valence-corrected chi connectivity index (χ4v) is 5.75. The van der Waals surface area contributed by atoms with E-state index in [1.54, 1.807) is 54.6 Å². The Bertz CT molecular complexity index is 1620. The van der Waals surface area contributed by atoms with Gasteiger partial charge in [-0.15, -0.1) is 0 Å². The maximum atomic E-state index is 11.4. The molecule has 0 amide bonds. The summed E-state index contributed by atoms with van der Waals surface area (Å²) in [4.78, 5) is 0. The summed E-state index contributed by atoms with van der Waals surface area (Å²) in [5, 5.41) is 51.1. The zero-order valence-electron chi connectivity index (χ0n) is 23.1. The van der Waals surface area contributed by atoms with E-state index in [0.29, 0.717) is 12.8 Å². The van der Waals surface area contributed by atoms with E-state index in [1.165, 1.54) is 0 Å². The van der Waals surface area contributed by atoms with Crippen molar-refractivity contribution in [2.24, 2.45) is 0 Å². The highest BCUT2D eigenvalue weighted by atomic mass is 16.3. The topological polar surface area (TPSA) is 101 Å². The van der Waals surface area contributed by atoms with Crippen molar-refractivity contribution in [2.75, 3.05) is 0 Å². The van der Waals surface area contributed by atoms with E-state index in [2.05, 4.69) is 19.9 Å². The molecular weight excluding hydrogens is 512 g/mol. The lowest BCUT2D eigenvalue weighted by atomic mass is 9.67. The minimum Gasteiger partial charge on any atom is -0.508 e. The lowest BCUT2D eigenvalue weighted by Gasteiger charge is -2.36. The molecule has 0 saturated heterocycles. The van der Waals surface area contributed by atoms with Gasteiger partial charge in [-0.05, 0) is 95.3 Å². The second-order valence-corrected chi connectivity index (χ2v) is 11.2. The molecule has 5 nitrogen and oxygen atoms in total. The number of aromatic hydroxyl groups is 5. The highest BCUT2D eigenvalue weighted by Crippen LogP contribution is 2.44. The zero-order valence-corrected chi connectivity index (χ0v) is 23.1. The molecular formula is C36H34O5. The van der Waals surface area contributed by atoms with Gasteiger partial charge < -0.3 is 25.5 Å². The van der Waals surface area contributed by atoms with Crippen molar-refractivity contribution in [3.63, 3.8) is 0 Å². The molecule has 2 atom stereocenters. The minimum absolute atomic E-state index is 0.154. The number of phenolic OH excluding ortho intramolecular Hbond substituents is 5. The first kappa shape index (κ1) is 27.7. The Labute approximate surface area is 240 Å². The molecule has 0 spiro atoms. The highest BCUT2D eigenvalue weighted by molar-refractivity contribution is 5.53. The SMILES string of the molecule is CC(Cc1ccc(O)cc1)(c1ccc(O)cc1)c1ccc(O)c(C(C)(Cc2ccc(O)cc2)c2ccc(O)cc2)c1. The molecule has 0 aromatic heterocycles. The van der Waals surface area contributed by atoms with Crippen LogP contribution in [0.5, 0.6) is 28.7 Å². The maximum Gasteiger partial charge on any atom is 0.119 e. The molecule has 0 heterocycles. The summed E-state index contributed by atoms with van der Waals surface area (Å²) >= 11 is 0. The first-order valence-corrected chi connectivity index (χ1v) is 13.6. The van der Waals surface area contributed by atoms with Crippen LogP contribution >= 0.6 is 0 Å². The summed E-state index contributed by atoms with van der Waals surface area (Å²) in [7, 11) is 0. The van der Waals surface area contributed by atoms with Crippen LogP contribution in [0.2, 0.25) is 0 Å². The number of hydrogen-bond donors (Lipinski definition) is 5. The normalized spacial score (nSPS) is 14.2. The minimum atomic E-state index is -0.695. The first-order chi connectivity index (χ1) is 19.6. The molecule has 0 aliphatic rings. The summed E-state index contributed by atoms with van der Waals surface area (Å²) in [6.45, 7) is 4.21. The van der Waals surface area contributed by atoms with Crippen LogP contribution in [0.1, 0.15) is 47.2 Å². The molecule has 2 unspecified atom stereocenters. The van der Waals surface area contributed by atoms with Gasteiger partial charge in [0.05, 0.1) is 0 Å². The average molecular weight is 547 g/mol. The first-order valence-electron chi connectivity index (χ1n) is 13.6. The number of hydrogen-bond acceptors (Lipinski definition) is 5. The van der Waals surface area contributed by atoms with E-state index in [-0.39, 0.29) is 28.7 Å². The Kier molecular flexibility index (Phi) is 7.38. The Morgan fingerprint density at radius 1 is 0.415 bits per heavy atom. The molecule has 0 aliphatic carbocycles. The van der Waals surface area contributed by atoms with Gasteiger partial charge in [-0.25, -0.2) is 0 Å². The average Bonchev–Trinajstić information content (AvgIpc) is 2.96. The molecule has 0 fully saturated rings. The van der Waals surface area contributed by atoms with E-state index in [9.17, 15) is 25.5 Å². The van der Waals surface area contributed by atoms with Crippen LogP contribution in [0.3, 0.4) is 0 Å². The largest absolute Gasteiger partial charge is 0.508 e. The van der Waals surface area contributed by atoms with Crippen molar-refractivity contribution in [2.45, 2.75) is 37.5 Å². The Hall–Kier alpha value is -4.90. The molecule has 5 heteroatoms. The van der Waals surface area contributed by atoms with Gasteiger partial charge >= 0.3 is 0 Å². The van der Waals surface area contributed by atoms with Crippen molar-refractivity contribution in [1.29, 1.82) is 0 Å². The predicted octanol–water partition coefficient (Wildman–Crippen LogP) is 7.31. The summed E-state index contributed by atoms with van der Waals surface area (Å²) in [6.07, 6.45) is 1.14. The predicted molar refractivity (Wildman–Crippen MR) is 161 cm³/mol. The maximum absolute atomic E-state index is 11.4. The van der Waals surface area contributed by atoms with Crippen LogP contribution in [0.25, 0.3) is 0 Å². The molecule has 0 aliphatic heterocycles. The van der Waals surface area contributed by atoms with Crippen LogP contribution < -0.4 is 0 Å². The number of benzene rings is 5.